The number of aryl methyl sites for hydroxylation is 1. The topological polar surface area (TPSA) is 0 Å². The zero-order chi connectivity index (χ0) is 23.6. The molecule has 0 aromatic heterocycles. The molecule has 0 N–H and O–H groups in total. The number of alkyl halides is 3. The SMILES string of the molecule is CCCCCCCc1cc(F)c(-c2cc(F)c3c(F)c(C(F)(F)F)c(F)cc3c2)c(F)c1. The Labute approximate surface area is 179 Å². The van der Waals surface area contributed by atoms with Gasteiger partial charge >= 0.3 is 6.18 Å². The van der Waals surface area contributed by atoms with Crippen LogP contribution in [0.1, 0.15) is 50.2 Å². The Balaban J connectivity index is 2.01. The van der Waals surface area contributed by atoms with E-state index in [0.29, 0.717) is 24.1 Å². The number of unbranched alkanes of at least 4 members (excludes halogenated alkanes) is 4. The molecule has 3 aromatic carbocycles. The fourth-order valence-corrected chi connectivity index (χ4v) is 3.79. The smallest absolute Gasteiger partial charge is 0.206 e. The summed E-state index contributed by atoms with van der Waals surface area (Å²) >= 11 is 0. The van der Waals surface area contributed by atoms with Gasteiger partial charge in [-0.2, -0.15) is 13.2 Å². The van der Waals surface area contributed by atoms with E-state index >= 15 is 0 Å². The first-order valence-corrected chi connectivity index (χ1v) is 10.2. The molecule has 0 spiro atoms. The lowest BCUT2D eigenvalue weighted by Gasteiger charge is -2.14. The highest BCUT2D eigenvalue weighted by molar-refractivity contribution is 5.89. The standard InChI is InChI=1S/C24H20F8/c1-2-3-4-5-6-7-13-8-16(25)20(17(26)9-13)14-10-15-12-19(28)22(24(30,31)32)23(29)21(15)18(27)11-14/h8-12H,2-7H2,1H3. The lowest BCUT2D eigenvalue weighted by molar-refractivity contribution is -0.142. The van der Waals surface area contributed by atoms with Crippen LogP contribution in [-0.2, 0) is 12.6 Å². The second-order valence-electron chi connectivity index (χ2n) is 7.70. The normalized spacial score (nSPS) is 12.0. The first-order valence-electron chi connectivity index (χ1n) is 10.2. The molecule has 0 saturated heterocycles. The molecule has 0 aliphatic carbocycles. The minimum atomic E-state index is -5.38. The van der Waals surface area contributed by atoms with Crippen LogP contribution in [0.5, 0.6) is 0 Å². The second-order valence-corrected chi connectivity index (χ2v) is 7.70. The van der Waals surface area contributed by atoms with Gasteiger partial charge in [0.15, 0.2) is 0 Å². The number of hydrogen-bond donors (Lipinski definition) is 0. The molecule has 172 valence electrons. The highest BCUT2D eigenvalue weighted by Gasteiger charge is 2.39. The Bertz CT molecular complexity index is 1110. The second kappa shape index (κ2) is 9.46. The van der Waals surface area contributed by atoms with E-state index in [1.165, 1.54) is 0 Å². The number of halogens is 8. The van der Waals surface area contributed by atoms with Gasteiger partial charge in [0.2, 0.25) is 0 Å². The molecular formula is C24H20F8. The van der Waals surface area contributed by atoms with Crippen molar-refractivity contribution in [3.05, 3.63) is 70.5 Å². The molecule has 32 heavy (non-hydrogen) atoms. The van der Waals surface area contributed by atoms with Crippen molar-refractivity contribution in [2.75, 3.05) is 0 Å². The van der Waals surface area contributed by atoms with Gasteiger partial charge in [0.05, 0.1) is 10.9 Å². The highest BCUT2D eigenvalue weighted by atomic mass is 19.4. The summed E-state index contributed by atoms with van der Waals surface area (Å²) in [5, 5.41) is -1.69. The third kappa shape index (κ3) is 4.89. The molecule has 3 rings (SSSR count). The summed E-state index contributed by atoms with van der Waals surface area (Å²) in [7, 11) is 0. The average molecular weight is 460 g/mol. The molecule has 0 heterocycles. The van der Waals surface area contributed by atoms with E-state index in [1.54, 1.807) is 0 Å². The van der Waals surface area contributed by atoms with E-state index in [0.717, 1.165) is 50.3 Å². The predicted molar refractivity (Wildman–Crippen MR) is 107 cm³/mol. The van der Waals surface area contributed by atoms with Gasteiger partial charge in [-0.05, 0) is 59.7 Å². The van der Waals surface area contributed by atoms with E-state index in [-0.39, 0.29) is 5.56 Å². The number of benzene rings is 3. The predicted octanol–water partition coefficient (Wildman–Crippen LogP) is 8.73. The molecule has 0 atom stereocenters. The van der Waals surface area contributed by atoms with E-state index in [9.17, 15) is 35.1 Å². The molecular weight excluding hydrogens is 440 g/mol. The summed E-state index contributed by atoms with van der Waals surface area (Å²) in [5.74, 6) is -7.55. The zero-order valence-electron chi connectivity index (χ0n) is 17.2. The quantitative estimate of drug-likeness (QED) is 0.244. The van der Waals surface area contributed by atoms with E-state index < -0.39 is 57.2 Å². The van der Waals surface area contributed by atoms with Crippen LogP contribution in [0.4, 0.5) is 35.1 Å². The lowest BCUT2D eigenvalue weighted by atomic mass is 9.96. The van der Waals surface area contributed by atoms with Crippen molar-refractivity contribution >= 4 is 10.8 Å². The molecule has 0 amide bonds. The zero-order valence-corrected chi connectivity index (χ0v) is 17.2. The fraction of sp³-hybridized carbons (Fsp3) is 0.333. The van der Waals surface area contributed by atoms with Gasteiger partial charge in [0.25, 0.3) is 0 Å². The average Bonchev–Trinajstić information content (AvgIpc) is 2.65. The van der Waals surface area contributed by atoms with Crippen molar-refractivity contribution in [3.8, 4) is 11.1 Å². The summed E-state index contributed by atoms with van der Waals surface area (Å²) < 4.78 is 111. The van der Waals surface area contributed by atoms with Crippen molar-refractivity contribution in [1.29, 1.82) is 0 Å². The molecule has 0 fully saturated rings. The van der Waals surface area contributed by atoms with E-state index in [2.05, 4.69) is 6.92 Å². The molecule has 3 aromatic rings. The Morgan fingerprint density at radius 2 is 1.31 bits per heavy atom. The van der Waals surface area contributed by atoms with Gasteiger partial charge in [-0.3, -0.25) is 0 Å². The van der Waals surface area contributed by atoms with Gasteiger partial charge in [-0.1, -0.05) is 32.6 Å². The van der Waals surface area contributed by atoms with Gasteiger partial charge in [0, 0.05) is 0 Å². The lowest BCUT2D eigenvalue weighted by Crippen LogP contribution is -2.12. The van der Waals surface area contributed by atoms with Crippen molar-refractivity contribution in [3.63, 3.8) is 0 Å². The third-order valence-corrected chi connectivity index (χ3v) is 5.32. The Hall–Kier alpha value is -2.64. The molecule has 0 aliphatic rings. The maximum Gasteiger partial charge on any atom is 0.422 e. The number of hydrogen-bond acceptors (Lipinski definition) is 0. The number of rotatable bonds is 7. The van der Waals surface area contributed by atoms with Crippen LogP contribution >= 0.6 is 0 Å². The van der Waals surface area contributed by atoms with Crippen molar-refractivity contribution in [2.24, 2.45) is 0 Å². The first-order chi connectivity index (χ1) is 15.0. The Kier molecular flexibility index (Phi) is 7.10. The summed E-state index contributed by atoms with van der Waals surface area (Å²) in [6, 6.07) is 3.91. The number of fused-ring (bicyclic) bond motifs is 1. The molecule has 0 saturated carbocycles. The van der Waals surface area contributed by atoms with Gasteiger partial charge < -0.3 is 0 Å². The molecule has 0 unspecified atom stereocenters. The first kappa shape index (κ1) is 24.0. The van der Waals surface area contributed by atoms with Crippen LogP contribution in [0.25, 0.3) is 21.9 Å². The van der Waals surface area contributed by atoms with Crippen LogP contribution < -0.4 is 0 Å². The van der Waals surface area contributed by atoms with Gasteiger partial charge in [0.1, 0.15) is 34.6 Å². The highest BCUT2D eigenvalue weighted by Crippen LogP contribution is 2.39. The molecule has 8 heteroatoms. The molecule has 0 radical (unpaired) electrons. The summed E-state index contributed by atoms with van der Waals surface area (Å²) in [4.78, 5) is 0. The van der Waals surface area contributed by atoms with E-state index in [4.69, 9.17) is 0 Å². The Morgan fingerprint density at radius 1 is 0.688 bits per heavy atom. The maximum absolute atomic E-state index is 14.7. The summed E-state index contributed by atoms with van der Waals surface area (Å²) in [6.45, 7) is 2.07. The van der Waals surface area contributed by atoms with Crippen LogP contribution in [0.2, 0.25) is 0 Å². The summed E-state index contributed by atoms with van der Waals surface area (Å²) in [6.07, 6.45) is -0.140. The van der Waals surface area contributed by atoms with Crippen LogP contribution in [-0.4, -0.2) is 0 Å². The third-order valence-electron chi connectivity index (χ3n) is 5.32. The van der Waals surface area contributed by atoms with Gasteiger partial charge in [-0.15, -0.1) is 0 Å². The summed E-state index contributed by atoms with van der Waals surface area (Å²) in [5.41, 5.74) is -2.81. The van der Waals surface area contributed by atoms with Gasteiger partial charge in [-0.25, -0.2) is 22.0 Å². The fourth-order valence-electron chi connectivity index (χ4n) is 3.79. The van der Waals surface area contributed by atoms with E-state index in [1.807, 2.05) is 0 Å². The van der Waals surface area contributed by atoms with Crippen molar-refractivity contribution in [2.45, 2.75) is 51.6 Å². The molecule has 0 aliphatic heterocycles. The largest absolute Gasteiger partial charge is 0.422 e. The minimum Gasteiger partial charge on any atom is -0.206 e. The van der Waals surface area contributed by atoms with Crippen LogP contribution in [0.3, 0.4) is 0 Å². The minimum absolute atomic E-state index is 0.300. The van der Waals surface area contributed by atoms with Crippen molar-refractivity contribution < 1.29 is 35.1 Å². The monoisotopic (exact) mass is 460 g/mol. The van der Waals surface area contributed by atoms with Crippen LogP contribution in [0, 0.1) is 29.1 Å². The molecule has 0 bridgehead atoms. The molecule has 0 nitrogen and oxygen atoms in total. The van der Waals surface area contributed by atoms with Crippen molar-refractivity contribution in [1.82, 2.24) is 0 Å². The Morgan fingerprint density at radius 3 is 1.91 bits per heavy atom. The van der Waals surface area contributed by atoms with Crippen LogP contribution in [0.15, 0.2) is 30.3 Å². The maximum atomic E-state index is 14.7.